The summed E-state index contributed by atoms with van der Waals surface area (Å²) in [6, 6.07) is 13.1. The molecule has 4 rings (SSSR count). The number of aryl methyl sites for hydroxylation is 2. The number of aromatic nitrogens is 4. The summed E-state index contributed by atoms with van der Waals surface area (Å²) in [6.07, 6.45) is 3.43. The summed E-state index contributed by atoms with van der Waals surface area (Å²) in [5.74, 6) is 0.0167. The lowest BCUT2D eigenvalue weighted by molar-refractivity contribution is 0.0994. The highest BCUT2D eigenvalue weighted by Gasteiger charge is 2.21. The van der Waals surface area contributed by atoms with E-state index >= 15 is 0 Å². The molecule has 2 aromatic carbocycles. The molecule has 0 spiro atoms. The summed E-state index contributed by atoms with van der Waals surface area (Å²) in [4.78, 5) is 25.7. The molecule has 0 N–H and O–H groups in total. The van der Waals surface area contributed by atoms with Crippen LogP contribution in [0.2, 0.25) is 0 Å². The number of thioether (sulfide) groups is 1. The quantitative estimate of drug-likeness (QED) is 0.306. The summed E-state index contributed by atoms with van der Waals surface area (Å²) in [7, 11) is 0. The molecule has 0 bridgehead atoms. The first-order valence-electron chi connectivity index (χ1n) is 9.35. The zero-order valence-corrected chi connectivity index (χ0v) is 19.1. The number of benzene rings is 2. The van der Waals surface area contributed by atoms with Gasteiger partial charge in [0.25, 0.3) is 0 Å². The maximum absolute atomic E-state index is 12.9. The molecule has 0 unspecified atom stereocenters. The van der Waals surface area contributed by atoms with Crippen LogP contribution in [-0.4, -0.2) is 30.2 Å². The van der Waals surface area contributed by atoms with E-state index in [0.717, 1.165) is 21.3 Å². The van der Waals surface area contributed by atoms with Crippen molar-refractivity contribution < 1.29 is 4.79 Å². The number of hydrogen-bond donors (Lipinski definition) is 0. The number of fused-ring (bicyclic) bond motifs is 1. The second kappa shape index (κ2) is 8.20. The van der Waals surface area contributed by atoms with Crippen LogP contribution < -0.4 is 5.56 Å². The number of ketones is 1. The van der Waals surface area contributed by atoms with Gasteiger partial charge in [0.05, 0.1) is 5.25 Å². The molecule has 8 heteroatoms. The van der Waals surface area contributed by atoms with Crippen LogP contribution in [0.15, 0.2) is 69.3 Å². The van der Waals surface area contributed by atoms with Crippen molar-refractivity contribution in [1.82, 2.24) is 19.2 Å². The molecule has 0 radical (unpaired) electrons. The zero-order chi connectivity index (χ0) is 21.4. The van der Waals surface area contributed by atoms with Gasteiger partial charge in [0, 0.05) is 28.1 Å². The molecular formula is C22H19BrN4O2S. The Morgan fingerprint density at radius 2 is 1.77 bits per heavy atom. The average molecular weight is 483 g/mol. The van der Waals surface area contributed by atoms with Crippen molar-refractivity contribution in [1.29, 1.82) is 0 Å². The molecule has 30 heavy (non-hydrogen) atoms. The van der Waals surface area contributed by atoms with Crippen LogP contribution >= 0.6 is 27.7 Å². The highest BCUT2D eigenvalue weighted by Crippen LogP contribution is 2.25. The van der Waals surface area contributed by atoms with E-state index in [-0.39, 0.29) is 22.2 Å². The zero-order valence-electron chi connectivity index (χ0n) is 16.7. The Morgan fingerprint density at radius 1 is 1.03 bits per heavy atom. The number of rotatable bonds is 5. The fourth-order valence-electron chi connectivity index (χ4n) is 3.09. The Bertz CT molecular complexity index is 1310. The molecule has 152 valence electrons. The van der Waals surface area contributed by atoms with Gasteiger partial charge in [0.2, 0.25) is 5.65 Å². The lowest BCUT2D eigenvalue weighted by Crippen LogP contribution is -2.20. The Kier molecular flexibility index (Phi) is 5.62. The first-order valence-corrected chi connectivity index (χ1v) is 11.0. The van der Waals surface area contributed by atoms with Gasteiger partial charge in [-0.3, -0.25) is 18.6 Å². The molecule has 6 nitrogen and oxygen atoms in total. The van der Waals surface area contributed by atoms with Gasteiger partial charge in [-0.2, -0.15) is 0 Å². The Labute approximate surface area is 186 Å². The van der Waals surface area contributed by atoms with Gasteiger partial charge < -0.3 is 0 Å². The molecule has 2 heterocycles. The predicted molar refractivity (Wildman–Crippen MR) is 122 cm³/mol. The van der Waals surface area contributed by atoms with E-state index in [1.165, 1.54) is 16.3 Å². The van der Waals surface area contributed by atoms with E-state index in [1.54, 1.807) is 16.8 Å². The fraction of sp³-hybridized carbons (Fsp3) is 0.182. The van der Waals surface area contributed by atoms with Gasteiger partial charge in [-0.05, 0) is 62.2 Å². The highest BCUT2D eigenvalue weighted by atomic mass is 79.9. The topological polar surface area (TPSA) is 69.3 Å². The van der Waals surface area contributed by atoms with Gasteiger partial charge in [-0.1, -0.05) is 39.8 Å². The Balaban J connectivity index is 1.63. The second-order valence-corrected chi connectivity index (χ2v) is 9.27. The van der Waals surface area contributed by atoms with Gasteiger partial charge in [-0.25, -0.2) is 0 Å². The number of carbonyl (C=O) groups is 1. The monoisotopic (exact) mass is 482 g/mol. The lowest BCUT2D eigenvalue weighted by Gasteiger charge is -2.11. The molecule has 0 saturated carbocycles. The minimum atomic E-state index is -0.367. The minimum absolute atomic E-state index is 0.0167. The Hall–Kier alpha value is -2.71. The van der Waals surface area contributed by atoms with Crippen LogP contribution in [0.1, 0.15) is 28.4 Å². The van der Waals surface area contributed by atoms with E-state index in [0.29, 0.717) is 10.7 Å². The molecule has 2 aromatic heterocycles. The Morgan fingerprint density at radius 3 is 2.47 bits per heavy atom. The van der Waals surface area contributed by atoms with Gasteiger partial charge in [0.1, 0.15) is 0 Å². The van der Waals surface area contributed by atoms with Crippen molar-refractivity contribution in [3.05, 3.63) is 86.4 Å². The summed E-state index contributed by atoms with van der Waals surface area (Å²) >= 11 is 4.68. The van der Waals surface area contributed by atoms with Crippen LogP contribution in [0.5, 0.6) is 0 Å². The summed E-state index contributed by atoms with van der Waals surface area (Å²) in [5.41, 5.74) is 3.59. The standard InChI is InChI=1S/C22H19BrN4O2S/c1-13-4-5-16(12-14(13)2)19(28)15(3)30-22-25-24-20-21(29)26(10-11-27(20)22)18-8-6-17(23)7-9-18/h4-12,15H,1-3H3/t15-/m0/s1. The highest BCUT2D eigenvalue weighted by molar-refractivity contribution is 9.10. The van der Waals surface area contributed by atoms with Crippen molar-refractivity contribution in [2.45, 2.75) is 31.2 Å². The van der Waals surface area contributed by atoms with Gasteiger partial charge in [-0.15, -0.1) is 10.2 Å². The molecule has 4 aromatic rings. The second-order valence-electron chi connectivity index (χ2n) is 7.05. The normalized spacial score (nSPS) is 12.3. The van der Waals surface area contributed by atoms with Crippen molar-refractivity contribution in [3.8, 4) is 5.69 Å². The van der Waals surface area contributed by atoms with E-state index < -0.39 is 0 Å². The molecule has 0 amide bonds. The third-order valence-electron chi connectivity index (χ3n) is 4.99. The first kappa shape index (κ1) is 20.6. The summed E-state index contributed by atoms with van der Waals surface area (Å²) in [6.45, 7) is 5.85. The maximum Gasteiger partial charge on any atom is 0.300 e. The third kappa shape index (κ3) is 3.85. The number of carbonyl (C=O) groups excluding carboxylic acids is 1. The molecule has 0 saturated heterocycles. The summed E-state index contributed by atoms with van der Waals surface area (Å²) in [5, 5.41) is 8.37. The third-order valence-corrected chi connectivity index (χ3v) is 6.57. The number of Topliss-reactive ketones (excluding diaryl/α,β-unsaturated/α-hetero) is 1. The number of halogens is 1. The molecule has 0 aliphatic rings. The molecule has 0 aliphatic carbocycles. The van der Waals surface area contributed by atoms with E-state index in [9.17, 15) is 9.59 Å². The molecule has 1 atom stereocenters. The minimum Gasteiger partial charge on any atom is -0.293 e. The van der Waals surface area contributed by atoms with E-state index in [2.05, 4.69) is 26.1 Å². The smallest absolute Gasteiger partial charge is 0.293 e. The van der Waals surface area contributed by atoms with Crippen molar-refractivity contribution >= 4 is 39.1 Å². The van der Waals surface area contributed by atoms with E-state index in [1.807, 2.05) is 63.2 Å². The van der Waals surface area contributed by atoms with Gasteiger partial charge >= 0.3 is 5.56 Å². The summed E-state index contributed by atoms with van der Waals surface area (Å²) < 4.78 is 4.09. The molecule has 0 aliphatic heterocycles. The van der Waals surface area contributed by atoms with E-state index in [4.69, 9.17) is 0 Å². The van der Waals surface area contributed by atoms with Crippen molar-refractivity contribution in [3.63, 3.8) is 0 Å². The lowest BCUT2D eigenvalue weighted by atomic mass is 10.0. The number of hydrogen-bond acceptors (Lipinski definition) is 5. The predicted octanol–water partition coefficient (Wildman–Crippen LogP) is 4.62. The van der Waals surface area contributed by atoms with Crippen LogP contribution in [0.3, 0.4) is 0 Å². The largest absolute Gasteiger partial charge is 0.300 e. The van der Waals surface area contributed by atoms with Crippen molar-refractivity contribution in [2.24, 2.45) is 0 Å². The van der Waals surface area contributed by atoms with Crippen molar-refractivity contribution in [2.75, 3.05) is 0 Å². The average Bonchev–Trinajstić information content (AvgIpc) is 3.14. The van der Waals surface area contributed by atoms with Crippen LogP contribution in [-0.2, 0) is 0 Å². The van der Waals surface area contributed by atoms with Crippen LogP contribution in [0, 0.1) is 13.8 Å². The number of nitrogens with zero attached hydrogens (tertiary/aromatic N) is 4. The molecule has 0 fully saturated rings. The molecular weight excluding hydrogens is 464 g/mol. The fourth-order valence-corrected chi connectivity index (χ4v) is 4.26. The van der Waals surface area contributed by atoms with Crippen LogP contribution in [0.25, 0.3) is 11.3 Å². The first-order chi connectivity index (χ1) is 14.3. The van der Waals surface area contributed by atoms with Crippen LogP contribution in [0.4, 0.5) is 0 Å². The van der Waals surface area contributed by atoms with Gasteiger partial charge in [0.15, 0.2) is 10.9 Å². The SMILES string of the molecule is Cc1ccc(C(=O)[C@H](C)Sc2nnc3c(=O)n(-c4ccc(Br)cc4)ccn23)cc1C. The maximum atomic E-state index is 12.9.